The van der Waals surface area contributed by atoms with Gasteiger partial charge in [-0.3, -0.25) is 4.79 Å². The number of rotatable bonds is 1. The lowest BCUT2D eigenvalue weighted by atomic mass is 10.0. The molecule has 0 bridgehead atoms. The van der Waals surface area contributed by atoms with Crippen molar-refractivity contribution in [3.63, 3.8) is 0 Å². The van der Waals surface area contributed by atoms with E-state index in [0.29, 0.717) is 16.7 Å². The Kier molecular flexibility index (Phi) is 2.27. The summed E-state index contributed by atoms with van der Waals surface area (Å²) in [5.74, 6) is -0.465. The van der Waals surface area contributed by atoms with Gasteiger partial charge in [-0.2, -0.15) is 0 Å². The molecule has 0 N–H and O–H groups in total. The topological polar surface area (TPSA) is 43.4 Å². The van der Waals surface area contributed by atoms with Crippen molar-refractivity contribution in [3.05, 3.63) is 59.2 Å². The van der Waals surface area contributed by atoms with Gasteiger partial charge in [0, 0.05) is 11.1 Å². The molecule has 0 amide bonds. The first kappa shape index (κ1) is 10.7. The fraction of sp³-hybridized carbons (Fsp3) is 0.0667. The lowest BCUT2D eigenvalue weighted by molar-refractivity contribution is 0.0601. The average Bonchev–Trinajstić information content (AvgIpc) is 2.72. The van der Waals surface area contributed by atoms with Crippen LogP contribution in [0.25, 0.3) is 11.1 Å². The zero-order chi connectivity index (χ0) is 12.7. The van der Waals surface area contributed by atoms with E-state index in [1.165, 1.54) is 7.11 Å². The summed E-state index contributed by atoms with van der Waals surface area (Å²) in [6, 6.07) is 12.5. The minimum Gasteiger partial charge on any atom is -0.465 e. The summed E-state index contributed by atoms with van der Waals surface area (Å²) in [6.45, 7) is 0. The number of hydrogen-bond donors (Lipinski definition) is 0. The van der Waals surface area contributed by atoms with E-state index in [1.54, 1.807) is 24.3 Å². The van der Waals surface area contributed by atoms with E-state index in [0.717, 1.165) is 11.1 Å². The molecule has 0 spiro atoms. The van der Waals surface area contributed by atoms with Gasteiger partial charge in [-0.1, -0.05) is 30.3 Å². The highest BCUT2D eigenvalue weighted by Crippen LogP contribution is 2.36. The fourth-order valence-electron chi connectivity index (χ4n) is 2.27. The van der Waals surface area contributed by atoms with Gasteiger partial charge >= 0.3 is 5.97 Å². The van der Waals surface area contributed by atoms with Crippen LogP contribution in [-0.2, 0) is 4.74 Å². The van der Waals surface area contributed by atoms with Crippen LogP contribution in [-0.4, -0.2) is 18.9 Å². The fourth-order valence-corrected chi connectivity index (χ4v) is 2.27. The maximum Gasteiger partial charge on any atom is 0.337 e. The minimum absolute atomic E-state index is 0.0358. The molecule has 3 nitrogen and oxygen atoms in total. The monoisotopic (exact) mass is 238 g/mol. The molecule has 2 aromatic rings. The van der Waals surface area contributed by atoms with E-state index in [4.69, 9.17) is 0 Å². The standard InChI is InChI=1S/C15H10O3/c1-18-15(17)9-6-7-11-10-4-2-3-5-12(10)14(16)13(11)8-9/h2-8H,1H3. The molecule has 0 aliphatic heterocycles. The molecule has 0 fully saturated rings. The summed E-state index contributed by atoms with van der Waals surface area (Å²) in [5, 5.41) is 0. The highest BCUT2D eigenvalue weighted by atomic mass is 16.5. The van der Waals surface area contributed by atoms with Crippen molar-refractivity contribution in [1.29, 1.82) is 0 Å². The van der Waals surface area contributed by atoms with Gasteiger partial charge in [-0.05, 0) is 23.3 Å². The Morgan fingerprint density at radius 2 is 1.61 bits per heavy atom. The second-order valence-corrected chi connectivity index (χ2v) is 4.13. The summed E-state index contributed by atoms with van der Waals surface area (Å²) in [5.41, 5.74) is 3.46. The van der Waals surface area contributed by atoms with Crippen LogP contribution in [0, 0.1) is 0 Å². The van der Waals surface area contributed by atoms with Gasteiger partial charge in [0.1, 0.15) is 0 Å². The average molecular weight is 238 g/mol. The van der Waals surface area contributed by atoms with Crippen molar-refractivity contribution < 1.29 is 14.3 Å². The zero-order valence-corrected chi connectivity index (χ0v) is 9.77. The molecule has 2 aromatic carbocycles. The van der Waals surface area contributed by atoms with Crippen LogP contribution in [0.2, 0.25) is 0 Å². The number of carbonyl (C=O) groups is 2. The molecular formula is C15H10O3. The Bertz CT molecular complexity index is 671. The number of carbonyl (C=O) groups excluding carboxylic acids is 2. The number of ketones is 1. The van der Waals surface area contributed by atoms with Crippen molar-refractivity contribution in [3.8, 4) is 11.1 Å². The number of fused-ring (bicyclic) bond motifs is 3. The van der Waals surface area contributed by atoms with E-state index in [9.17, 15) is 9.59 Å². The Morgan fingerprint density at radius 3 is 2.33 bits per heavy atom. The van der Waals surface area contributed by atoms with Crippen molar-refractivity contribution in [1.82, 2.24) is 0 Å². The summed E-state index contributed by atoms with van der Waals surface area (Å²) in [4.78, 5) is 23.7. The van der Waals surface area contributed by atoms with E-state index in [-0.39, 0.29) is 5.78 Å². The van der Waals surface area contributed by atoms with Crippen LogP contribution >= 0.6 is 0 Å². The Labute approximate surface area is 104 Å². The van der Waals surface area contributed by atoms with Crippen LogP contribution in [0.1, 0.15) is 26.3 Å². The number of esters is 1. The number of ether oxygens (including phenoxy) is 1. The van der Waals surface area contributed by atoms with E-state index < -0.39 is 5.97 Å². The summed E-state index contributed by atoms with van der Waals surface area (Å²) < 4.78 is 4.66. The molecule has 0 unspecified atom stereocenters. The van der Waals surface area contributed by atoms with Gasteiger partial charge in [0.2, 0.25) is 0 Å². The van der Waals surface area contributed by atoms with E-state index >= 15 is 0 Å². The quantitative estimate of drug-likeness (QED) is 0.612. The molecule has 88 valence electrons. The van der Waals surface area contributed by atoms with Crippen LogP contribution in [0.3, 0.4) is 0 Å². The molecule has 1 aliphatic rings. The Hall–Kier alpha value is -2.42. The Morgan fingerprint density at radius 1 is 0.944 bits per heavy atom. The first-order valence-electron chi connectivity index (χ1n) is 5.59. The van der Waals surface area contributed by atoms with Crippen molar-refractivity contribution >= 4 is 11.8 Å². The van der Waals surface area contributed by atoms with Crippen LogP contribution in [0.5, 0.6) is 0 Å². The molecule has 3 rings (SSSR count). The highest BCUT2D eigenvalue weighted by molar-refractivity contribution is 6.22. The van der Waals surface area contributed by atoms with E-state index in [1.807, 2.05) is 18.2 Å². The van der Waals surface area contributed by atoms with Gasteiger partial charge in [0.15, 0.2) is 5.78 Å². The normalized spacial score (nSPS) is 11.9. The zero-order valence-electron chi connectivity index (χ0n) is 9.77. The van der Waals surface area contributed by atoms with Crippen molar-refractivity contribution in [2.75, 3.05) is 7.11 Å². The van der Waals surface area contributed by atoms with Crippen molar-refractivity contribution in [2.24, 2.45) is 0 Å². The predicted octanol–water partition coefficient (Wildman–Crippen LogP) is 2.68. The summed E-state index contributed by atoms with van der Waals surface area (Å²) >= 11 is 0. The number of hydrogen-bond acceptors (Lipinski definition) is 3. The second kappa shape index (κ2) is 3.81. The summed E-state index contributed by atoms with van der Waals surface area (Å²) in [7, 11) is 1.33. The van der Waals surface area contributed by atoms with Gasteiger partial charge in [0.05, 0.1) is 12.7 Å². The molecule has 18 heavy (non-hydrogen) atoms. The third-order valence-corrected chi connectivity index (χ3v) is 3.15. The second-order valence-electron chi connectivity index (χ2n) is 4.13. The van der Waals surface area contributed by atoms with Crippen LogP contribution < -0.4 is 0 Å². The van der Waals surface area contributed by atoms with Crippen LogP contribution in [0.4, 0.5) is 0 Å². The van der Waals surface area contributed by atoms with E-state index in [2.05, 4.69) is 4.74 Å². The maximum absolute atomic E-state index is 12.2. The molecule has 3 heteroatoms. The Balaban J connectivity index is 2.20. The van der Waals surface area contributed by atoms with Gasteiger partial charge in [-0.15, -0.1) is 0 Å². The van der Waals surface area contributed by atoms with Gasteiger partial charge in [0.25, 0.3) is 0 Å². The maximum atomic E-state index is 12.2. The molecule has 0 aromatic heterocycles. The van der Waals surface area contributed by atoms with Gasteiger partial charge in [-0.25, -0.2) is 4.79 Å². The minimum atomic E-state index is -0.429. The largest absolute Gasteiger partial charge is 0.465 e. The number of methoxy groups -OCH3 is 1. The number of benzene rings is 2. The molecule has 0 atom stereocenters. The molecular weight excluding hydrogens is 228 g/mol. The first-order valence-corrected chi connectivity index (χ1v) is 5.59. The first-order chi connectivity index (χ1) is 8.72. The molecule has 1 aliphatic carbocycles. The molecule has 0 radical (unpaired) electrons. The predicted molar refractivity (Wildman–Crippen MR) is 66.7 cm³/mol. The lowest BCUT2D eigenvalue weighted by Crippen LogP contribution is -2.03. The highest BCUT2D eigenvalue weighted by Gasteiger charge is 2.26. The van der Waals surface area contributed by atoms with Crippen LogP contribution in [0.15, 0.2) is 42.5 Å². The summed E-state index contributed by atoms with van der Waals surface area (Å²) in [6.07, 6.45) is 0. The smallest absolute Gasteiger partial charge is 0.337 e. The molecule has 0 heterocycles. The van der Waals surface area contributed by atoms with Crippen molar-refractivity contribution in [2.45, 2.75) is 0 Å². The third-order valence-electron chi connectivity index (χ3n) is 3.15. The lowest BCUT2D eigenvalue weighted by Gasteiger charge is -2.02. The third kappa shape index (κ3) is 1.37. The molecule has 0 saturated heterocycles. The van der Waals surface area contributed by atoms with Gasteiger partial charge < -0.3 is 4.74 Å². The SMILES string of the molecule is COC(=O)c1ccc2c(c1)C(=O)c1ccccc1-2. The molecule has 0 saturated carbocycles.